The van der Waals surface area contributed by atoms with Gasteiger partial charge in [0.2, 0.25) is 0 Å². The van der Waals surface area contributed by atoms with Gasteiger partial charge >= 0.3 is 0 Å². The summed E-state index contributed by atoms with van der Waals surface area (Å²) in [6.07, 6.45) is 1.56. The molecule has 128 valence electrons. The SMILES string of the molecule is CC1=C2CCN(CCC(=O)c3ccc(F)cc3)CC2c2ccccc21. The molecule has 0 N–H and O–H groups in total. The number of halogens is 1. The molecule has 1 fully saturated rings. The van der Waals surface area contributed by atoms with Crippen LogP contribution in [0.15, 0.2) is 54.1 Å². The van der Waals surface area contributed by atoms with E-state index >= 15 is 0 Å². The Hall–Kier alpha value is -2.26. The number of carbonyl (C=O) groups excluding carboxylic acids is 1. The zero-order chi connectivity index (χ0) is 17.4. The van der Waals surface area contributed by atoms with Gasteiger partial charge in [-0.3, -0.25) is 4.79 Å². The molecule has 2 aromatic rings. The third kappa shape index (κ3) is 3.05. The Kier molecular flexibility index (Phi) is 4.26. The predicted octanol–water partition coefficient (Wildman–Crippen LogP) is 4.68. The standard InChI is InChI=1S/C22H22FNO/c1-15-18-4-2-3-5-20(18)21-14-24(12-10-19(15)21)13-11-22(25)16-6-8-17(23)9-7-16/h2-9,21H,10-14H2,1H3. The first-order valence-corrected chi connectivity index (χ1v) is 8.93. The molecule has 1 atom stereocenters. The summed E-state index contributed by atoms with van der Waals surface area (Å²) in [6, 6.07) is 14.5. The van der Waals surface area contributed by atoms with Crippen LogP contribution in [0.4, 0.5) is 4.39 Å². The number of benzene rings is 2. The number of Topliss-reactive ketones (excluding diaryl/α,β-unsaturated/α-hetero) is 1. The molecule has 0 saturated carbocycles. The molecule has 0 spiro atoms. The zero-order valence-corrected chi connectivity index (χ0v) is 14.5. The lowest BCUT2D eigenvalue weighted by atomic mass is 9.89. The molecule has 0 aromatic heterocycles. The Balaban J connectivity index is 1.41. The molecular weight excluding hydrogens is 313 g/mol. The van der Waals surface area contributed by atoms with Crippen molar-refractivity contribution in [1.82, 2.24) is 4.90 Å². The third-order valence-corrected chi connectivity index (χ3v) is 5.60. The summed E-state index contributed by atoms with van der Waals surface area (Å²) >= 11 is 0. The van der Waals surface area contributed by atoms with Crippen LogP contribution in [0.3, 0.4) is 0 Å². The minimum Gasteiger partial charge on any atom is -0.302 e. The van der Waals surface area contributed by atoms with Gasteiger partial charge in [0.15, 0.2) is 5.78 Å². The topological polar surface area (TPSA) is 20.3 Å². The van der Waals surface area contributed by atoms with E-state index in [4.69, 9.17) is 0 Å². The van der Waals surface area contributed by atoms with Gasteiger partial charge in [-0.1, -0.05) is 29.8 Å². The van der Waals surface area contributed by atoms with Crippen molar-refractivity contribution in [2.24, 2.45) is 0 Å². The van der Waals surface area contributed by atoms with E-state index in [9.17, 15) is 9.18 Å². The second-order valence-electron chi connectivity index (χ2n) is 7.02. The Morgan fingerprint density at radius 1 is 1.16 bits per heavy atom. The molecule has 1 aliphatic heterocycles. The summed E-state index contributed by atoms with van der Waals surface area (Å²) in [4.78, 5) is 14.7. The van der Waals surface area contributed by atoms with Crippen molar-refractivity contribution >= 4 is 11.4 Å². The van der Waals surface area contributed by atoms with Crippen LogP contribution in [0.25, 0.3) is 5.57 Å². The lowest BCUT2D eigenvalue weighted by Gasteiger charge is -2.33. The number of rotatable bonds is 4. The average Bonchev–Trinajstić information content (AvgIpc) is 2.93. The molecule has 1 saturated heterocycles. The Bertz CT molecular complexity index is 837. The first-order chi connectivity index (χ1) is 12.1. The molecule has 2 aromatic carbocycles. The van der Waals surface area contributed by atoms with E-state index in [-0.39, 0.29) is 11.6 Å². The van der Waals surface area contributed by atoms with Gasteiger partial charge in [-0.15, -0.1) is 0 Å². The summed E-state index contributed by atoms with van der Waals surface area (Å²) in [6.45, 7) is 5.00. The normalized spacial score (nSPS) is 19.7. The maximum absolute atomic E-state index is 13.0. The van der Waals surface area contributed by atoms with Crippen molar-refractivity contribution < 1.29 is 9.18 Å². The molecule has 1 heterocycles. The molecule has 2 aliphatic rings. The number of ketones is 1. The van der Waals surface area contributed by atoms with Crippen LogP contribution in [0.1, 0.15) is 47.2 Å². The molecular formula is C22H22FNO. The predicted molar refractivity (Wildman–Crippen MR) is 98.2 cm³/mol. The summed E-state index contributed by atoms with van der Waals surface area (Å²) in [7, 11) is 0. The molecule has 1 aliphatic carbocycles. The van der Waals surface area contributed by atoms with Crippen molar-refractivity contribution in [3.8, 4) is 0 Å². The smallest absolute Gasteiger partial charge is 0.164 e. The molecule has 3 heteroatoms. The maximum atomic E-state index is 13.0. The molecule has 2 nitrogen and oxygen atoms in total. The first-order valence-electron chi connectivity index (χ1n) is 8.93. The van der Waals surface area contributed by atoms with Gasteiger partial charge < -0.3 is 4.90 Å². The highest BCUT2D eigenvalue weighted by molar-refractivity contribution is 5.96. The number of allylic oxidation sites excluding steroid dienone is 1. The number of piperidine rings is 1. The van der Waals surface area contributed by atoms with Crippen molar-refractivity contribution in [3.63, 3.8) is 0 Å². The Morgan fingerprint density at radius 2 is 1.92 bits per heavy atom. The maximum Gasteiger partial charge on any atom is 0.164 e. The molecule has 25 heavy (non-hydrogen) atoms. The number of nitrogens with zero attached hydrogens (tertiary/aromatic N) is 1. The number of hydrogen-bond acceptors (Lipinski definition) is 2. The monoisotopic (exact) mass is 335 g/mol. The second-order valence-corrected chi connectivity index (χ2v) is 7.02. The van der Waals surface area contributed by atoms with Crippen molar-refractivity contribution in [2.75, 3.05) is 19.6 Å². The molecule has 1 unspecified atom stereocenters. The highest BCUT2D eigenvalue weighted by Gasteiger charge is 2.33. The summed E-state index contributed by atoms with van der Waals surface area (Å²) in [5.41, 5.74) is 6.45. The van der Waals surface area contributed by atoms with Gasteiger partial charge in [0, 0.05) is 37.5 Å². The average molecular weight is 335 g/mol. The van der Waals surface area contributed by atoms with Crippen LogP contribution >= 0.6 is 0 Å². The van der Waals surface area contributed by atoms with Crippen LogP contribution in [0.5, 0.6) is 0 Å². The Morgan fingerprint density at radius 3 is 2.72 bits per heavy atom. The van der Waals surface area contributed by atoms with Crippen LogP contribution in [-0.2, 0) is 0 Å². The van der Waals surface area contributed by atoms with E-state index in [0.717, 1.165) is 26.1 Å². The van der Waals surface area contributed by atoms with Crippen molar-refractivity contribution in [3.05, 3.63) is 76.6 Å². The van der Waals surface area contributed by atoms with E-state index in [2.05, 4.69) is 36.1 Å². The lowest BCUT2D eigenvalue weighted by molar-refractivity contribution is 0.0960. The van der Waals surface area contributed by atoms with Gasteiger partial charge in [0.05, 0.1) is 0 Å². The zero-order valence-electron chi connectivity index (χ0n) is 14.5. The van der Waals surface area contributed by atoms with Crippen LogP contribution < -0.4 is 0 Å². The fourth-order valence-corrected chi connectivity index (χ4v) is 4.21. The second kappa shape index (κ2) is 6.57. The fourth-order valence-electron chi connectivity index (χ4n) is 4.21. The Labute approximate surface area is 148 Å². The van der Waals surface area contributed by atoms with E-state index in [1.807, 2.05) is 0 Å². The minimum absolute atomic E-state index is 0.0874. The summed E-state index contributed by atoms with van der Waals surface area (Å²) in [5, 5.41) is 0. The summed E-state index contributed by atoms with van der Waals surface area (Å²) in [5.74, 6) is 0.261. The van der Waals surface area contributed by atoms with E-state index < -0.39 is 0 Å². The largest absolute Gasteiger partial charge is 0.302 e. The van der Waals surface area contributed by atoms with E-state index in [1.165, 1.54) is 28.8 Å². The van der Waals surface area contributed by atoms with Crippen molar-refractivity contribution in [1.29, 1.82) is 0 Å². The quantitative estimate of drug-likeness (QED) is 0.757. The fraction of sp³-hybridized carbons (Fsp3) is 0.318. The van der Waals surface area contributed by atoms with Crippen molar-refractivity contribution in [2.45, 2.75) is 25.7 Å². The van der Waals surface area contributed by atoms with E-state index in [0.29, 0.717) is 17.9 Å². The van der Waals surface area contributed by atoms with Crippen LogP contribution in [0.2, 0.25) is 0 Å². The number of fused-ring (bicyclic) bond motifs is 3. The minimum atomic E-state index is -0.304. The molecule has 0 amide bonds. The van der Waals surface area contributed by atoms with Gasteiger partial charge in [0.25, 0.3) is 0 Å². The van der Waals surface area contributed by atoms with Gasteiger partial charge in [0.1, 0.15) is 5.82 Å². The molecule has 0 bridgehead atoms. The summed E-state index contributed by atoms with van der Waals surface area (Å²) < 4.78 is 13.0. The van der Waals surface area contributed by atoms with Crippen LogP contribution in [-0.4, -0.2) is 30.3 Å². The van der Waals surface area contributed by atoms with E-state index in [1.54, 1.807) is 17.7 Å². The molecule has 4 rings (SSSR count). The number of carbonyl (C=O) groups is 1. The van der Waals surface area contributed by atoms with Crippen LogP contribution in [0, 0.1) is 5.82 Å². The highest BCUT2D eigenvalue weighted by Crippen LogP contribution is 2.45. The van der Waals surface area contributed by atoms with Gasteiger partial charge in [-0.25, -0.2) is 4.39 Å². The first kappa shape index (κ1) is 16.2. The lowest BCUT2D eigenvalue weighted by Crippen LogP contribution is -2.36. The number of hydrogen-bond donors (Lipinski definition) is 0. The van der Waals surface area contributed by atoms with Gasteiger partial charge in [-0.05, 0) is 54.3 Å². The highest BCUT2D eigenvalue weighted by atomic mass is 19.1. The third-order valence-electron chi connectivity index (χ3n) is 5.60. The number of likely N-dealkylation sites (tertiary alicyclic amines) is 1. The molecule has 0 radical (unpaired) electrons. The van der Waals surface area contributed by atoms with Gasteiger partial charge in [-0.2, -0.15) is 0 Å².